The number of hydrogen-bond donors (Lipinski definition) is 1. The van der Waals surface area contributed by atoms with Gasteiger partial charge in [0.2, 0.25) is 0 Å². The van der Waals surface area contributed by atoms with E-state index in [1.165, 1.54) is 18.2 Å². The van der Waals surface area contributed by atoms with Gasteiger partial charge in [-0.2, -0.15) is 0 Å². The van der Waals surface area contributed by atoms with Gasteiger partial charge in [0.25, 0.3) is 0 Å². The van der Waals surface area contributed by atoms with E-state index in [0.29, 0.717) is 46.2 Å². The fraction of sp³-hybridized carbons (Fsp3) is 0.238. The quantitative estimate of drug-likeness (QED) is 0.512. The van der Waals surface area contributed by atoms with Crippen molar-refractivity contribution in [2.75, 3.05) is 13.2 Å². The number of aromatic hydroxyl groups is 1. The minimum atomic E-state index is -0.594. The predicted molar refractivity (Wildman–Crippen MR) is 105 cm³/mol. The van der Waals surface area contributed by atoms with Crippen LogP contribution in [-0.4, -0.2) is 24.3 Å². The third-order valence-electron chi connectivity index (χ3n) is 4.41. The fourth-order valence-electron chi connectivity index (χ4n) is 3.10. The summed E-state index contributed by atoms with van der Waals surface area (Å²) in [6.45, 7) is 0.922. The third kappa shape index (κ3) is 4.30. The van der Waals surface area contributed by atoms with E-state index < -0.39 is 11.6 Å². The van der Waals surface area contributed by atoms with Crippen molar-refractivity contribution in [2.45, 2.75) is 19.4 Å². The summed E-state index contributed by atoms with van der Waals surface area (Å²) in [5.41, 5.74) is 0.745. The Morgan fingerprint density at radius 2 is 1.97 bits per heavy atom. The van der Waals surface area contributed by atoms with Gasteiger partial charge in [-0.05, 0) is 29.8 Å². The number of hydrogen-bond acceptors (Lipinski definition) is 7. The molecular weight excluding hydrogens is 400 g/mol. The maximum Gasteiger partial charge on any atom is 0.336 e. The first-order valence-electron chi connectivity index (χ1n) is 8.99. The second-order valence-corrected chi connectivity index (χ2v) is 6.97. The average Bonchev–Trinajstić information content (AvgIpc) is 2.91. The van der Waals surface area contributed by atoms with E-state index in [-0.39, 0.29) is 24.4 Å². The van der Waals surface area contributed by atoms with Gasteiger partial charge in [0, 0.05) is 29.5 Å². The smallest absolute Gasteiger partial charge is 0.336 e. The highest BCUT2D eigenvalue weighted by atomic mass is 35.5. The van der Waals surface area contributed by atoms with Crippen molar-refractivity contribution in [1.82, 2.24) is 0 Å². The lowest BCUT2D eigenvalue weighted by molar-refractivity contribution is -0.144. The Morgan fingerprint density at radius 3 is 2.83 bits per heavy atom. The van der Waals surface area contributed by atoms with Crippen molar-refractivity contribution in [3.05, 3.63) is 63.0 Å². The number of phenols is 1. The zero-order valence-corrected chi connectivity index (χ0v) is 16.0. The van der Waals surface area contributed by atoms with Gasteiger partial charge >= 0.3 is 11.6 Å². The maximum absolute atomic E-state index is 12.3. The van der Waals surface area contributed by atoms with Crippen LogP contribution in [0.1, 0.15) is 17.5 Å². The Balaban J connectivity index is 1.49. The molecule has 0 radical (unpaired) electrons. The Hall–Kier alpha value is -3.19. The SMILES string of the molecule is O=C(Cc1cc(Cl)c2c(c1)OCCCO2)OCc1cc(=O)oc2cc(O)ccc12. The van der Waals surface area contributed by atoms with Crippen LogP contribution in [-0.2, 0) is 22.6 Å². The molecule has 0 aliphatic carbocycles. The Kier molecular flexibility index (Phi) is 5.31. The Bertz CT molecular complexity index is 1140. The van der Waals surface area contributed by atoms with Crippen LogP contribution in [0.5, 0.6) is 17.2 Å². The molecule has 7 nitrogen and oxygen atoms in total. The fourth-order valence-corrected chi connectivity index (χ4v) is 3.39. The highest BCUT2D eigenvalue weighted by molar-refractivity contribution is 6.32. The standard InChI is InChI=1S/C21H17ClO7/c22-16-6-12(7-18-21(16)27-5-1-4-26-18)8-19(24)28-11-13-9-20(25)29-17-10-14(23)2-3-15(13)17/h2-3,6-7,9-10,23H,1,4-5,8,11H2. The molecule has 0 atom stereocenters. The summed E-state index contributed by atoms with van der Waals surface area (Å²) >= 11 is 6.25. The number of carbonyl (C=O) groups is 1. The lowest BCUT2D eigenvalue weighted by Crippen LogP contribution is -2.10. The molecule has 0 spiro atoms. The summed E-state index contributed by atoms with van der Waals surface area (Å²) in [7, 11) is 0. The molecule has 2 heterocycles. The van der Waals surface area contributed by atoms with Gasteiger partial charge in [0.15, 0.2) is 11.5 Å². The first-order chi connectivity index (χ1) is 14.0. The molecule has 0 saturated carbocycles. The molecule has 8 heteroatoms. The second-order valence-electron chi connectivity index (χ2n) is 6.56. The molecule has 2 aromatic carbocycles. The topological polar surface area (TPSA) is 95.2 Å². The van der Waals surface area contributed by atoms with Crippen LogP contribution in [0.15, 0.2) is 45.6 Å². The molecule has 4 rings (SSSR count). The Labute approximate surface area is 170 Å². The number of halogens is 1. The van der Waals surface area contributed by atoms with E-state index in [9.17, 15) is 14.7 Å². The van der Waals surface area contributed by atoms with Crippen molar-refractivity contribution in [1.29, 1.82) is 0 Å². The third-order valence-corrected chi connectivity index (χ3v) is 4.69. The summed E-state index contributed by atoms with van der Waals surface area (Å²) in [6.07, 6.45) is 0.732. The molecule has 0 unspecified atom stereocenters. The van der Waals surface area contributed by atoms with E-state index in [1.54, 1.807) is 18.2 Å². The molecule has 0 fully saturated rings. The summed E-state index contributed by atoms with van der Waals surface area (Å²) in [5, 5.41) is 10.5. The van der Waals surface area contributed by atoms with Crippen molar-refractivity contribution in [2.24, 2.45) is 0 Å². The zero-order valence-electron chi connectivity index (χ0n) is 15.3. The molecule has 1 aliphatic heterocycles. The van der Waals surface area contributed by atoms with Crippen LogP contribution >= 0.6 is 11.6 Å². The average molecular weight is 417 g/mol. The molecule has 1 aromatic heterocycles. The monoisotopic (exact) mass is 416 g/mol. The van der Waals surface area contributed by atoms with Crippen molar-refractivity contribution in [3.63, 3.8) is 0 Å². The van der Waals surface area contributed by atoms with Gasteiger partial charge in [-0.25, -0.2) is 4.79 Å². The molecule has 0 amide bonds. The van der Waals surface area contributed by atoms with E-state index in [2.05, 4.69) is 0 Å². The van der Waals surface area contributed by atoms with Gasteiger partial charge in [-0.3, -0.25) is 4.79 Å². The minimum absolute atomic E-state index is 0.0173. The molecule has 0 saturated heterocycles. The van der Waals surface area contributed by atoms with E-state index in [0.717, 1.165) is 6.42 Å². The van der Waals surface area contributed by atoms with E-state index in [1.807, 2.05) is 0 Å². The van der Waals surface area contributed by atoms with Crippen LogP contribution in [0.4, 0.5) is 0 Å². The zero-order chi connectivity index (χ0) is 20.4. The molecule has 3 aromatic rings. The van der Waals surface area contributed by atoms with Crippen LogP contribution in [0.2, 0.25) is 5.02 Å². The number of benzene rings is 2. The lowest BCUT2D eigenvalue weighted by atomic mass is 10.1. The molecule has 0 bridgehead atoms. The van der Waals surface area contributed by atoms with Crippen LogP contribution < -0.4 is 15.1 Å². The largest absolute Gasteiger partial charge is 0.508 e. The van der Waals surface area contributed by atoms with Crippen LogP contribution in [0, 0.1) is 0 Å². The number of rotatable bonds is 4. The van der Waals surface area contributed by atoms with Crippen LogP contribution in [0.25, 0.3) is 11.0 Å². The molecule has 150 valence electrons. The summed E-state index contributed by atoms with van der Waals surface area (Å²) in [5.74, 6) is 0.466. The number of carbonyl (C=O) groups excluding carboxylic acids is 1. The highest BCUT2D eigenvalue weighted by Gasteiger charge is 2.17. The molecule has 29 heavy (non-hydrogen) atoms. The Morgan fingerprint density at radius 1 is 1.14 bits per heavy atom. The second kappa shape index (κ2) is 8.05. The van der Waals surface area contributed by atoms with Crippen molar-refractivity contribution in [3.8, 4) is 17.2 Å². The first-order valence-corrected chi connectivity index (χ1v) is 9.37. The summed E-state index contributed by atoms with van der Waals surface area (Å²) in [6, 6.07) is 9.02. The summed E-state index contributed by atoms with van der Waals surface area (Å²) in [4.78, 5) is 24.1. The molecule has 1 aliphatic rings. The van der Waals surface area contributed by atoms with Gasteiger partial charge in [-0.1, -0.05) is 11.6 Å². The highest BCUT2D eigenvalue weighted by Crippen LogP contribution is 2.38. The van der Waals surface area contributed by atoms with Crippen molar-refractivity contribution < 1.29 is 28.5 Å². The van der Waals surface area contributed by atoms with Gasteiger partial charge in [0.1, 0.15) is 17.9 Å². The molecular formula is C21H17ClO7. The normalized spacial score (nSPS) is 13.1. The number of esters is 1. The predicted octanol–water partition coefficient (Wildman–Crippen LogP) is 3.60. The minimum Gasteiger partial charge on any atom is -0.508 e. The molecule has 1 N–H and O–H groups in total. The van der Waals surface area contributed by atoms with Crippen LogP contribution in [0.3, 0.4) is 0 Å². The summed E-state index contributed by atoms with van der Waals surface area (Å²) < 4.78 is 21.6. The maximum atomic E-state index is 12.3. The number of phenolic OH excluding ortho intramolecular Hbond substituents is 1. The van der Waals surface area contributed by atoms with Gasteiger partial charge in [-0.15, -0.1) is 0 Å². The van der Waals surface area contributed by atoms with Gasteiger partial charge in [0.05, 0.1) is 24.7 Å². The van der Waals surface area contributed by atoms with E-state index >= 15 is 0 Å². The first kappa shape index (κ1) is 19.1. The number of fused-ring (bicyclic) bond motifs is 2. The van der Waals surface area contributed by atoms with Gasteiger partial charge < -0.3 is 23.7 Å². The number of ether oxygens (including phenoxy) is 3. The van der Waals surface area contributed by atoms with Crippen molar-refractivity contribution >= 4 is 28.5 Å². The van der Waals surface area contributed by atoms with E-state index in [4.69, 9.17) is 30.2 Å². The lowest BCUT2D eigenvalue weighted by Gasteiger charge is -2.12.